The van der Waals surface area contributed by atoms with Gasteiger partial charge in [-0.05, 0) is 37.3 Å². The van der Waals surface area contributed by atoms with Gasteiger partial charge in [-0.15, -0.1) is 0 Å². The molecule has 1 atom stereocenters. The number of hydrogen-bond acceptors (Lipinski definition) is 2. The lowest BCUT2D eigenvalue weighted by atomic mass is 9.98. The molecule has 1 rings (SSSR count). The predicted molar refractivity (Wildman–Crippen MR) is 86.4 cm³/mol. The number of hydrogen-bond donors (Lipinski definition) is 2. The topological polar surface area (TPSA) is 58.2 Å². The van der Waals surface area contributed by atoms with Gasteiger partial charge in [-0.25, -0.2) is 0 Å². The van der Waals surface area contributed by atoms with Gasteiger partial charge in [0.25, 0.3) is 0 Å². The van der Waals surface area contributed by atoms with Crippen molar-refractivity contribution in [3.63, 3.8) is 0 Å². The van der Waals surface area contributed by atoms with E-state index in [0.717, 1.165) is 23.2 Å². The standard InChI is InChI=1S/C17H26N2O2/c1-6-13(5)18-15(20)10-16(21)19-17-12(4)8-7-9-14(17)11(2)3/h7-9,11,13H,6,10H2,1-5H3,(H,18,20)(H,19,21). The zero-order valence-electron chi connectivity index (χ0n) is 13.6. The molecule has 0 radical (unpaired) electrons. The van der Waals surface area contributed by atoms with Crippen molar-refractivity contribution >= 4 is 17.5 Å². The fourth-order valence-corrected chi connectivity index (χ4v) is 2.10. The molecule has 21 heavy (non-hydrogen) atoms. The number of carbonyl (C=O) groups excluding carboxylic acids is 2. The Kier molecular flexibility index (Phi) is 6.40. The van der Waals surface area contributed by atoms with Crippen LogP contribution in [0, 0.1) is 6.92 Å². The zero-order chi connectivity index (χ0) is 16.0. The quantitative estimate of drug-likeness (QED) is 0.789. The summed E-state index contributed by atoms with van der Waals surface area (Å²) in [4.78, 5) is 23.8. The largest absolute Gasteiger partial charge is 0.353 e. The molecule has 4 nitrogen and oxygen atoms in total. The van der Waals surface area contributed by atoms with Crippen LogP contribution in [0.5, 0.6) is 0 Å². The van der Waals surface area contributed by atoms with E-state index < -0.39 is 0 Å². The summed E-state index contributed by atoms with van der Waals surface area (Å²) in [6.07, 6.45) is 0.707. The molecule has 0 aliphatic heterocycles. The van der Waals surface area contributed by atoms with Crippen molar-refractivity contribution in [3.05, 3.63) is 29.3 Å². The molecule has 0 spiro atoms. The second-order valence-corrected chi connectivity index (χ2v) is 5.80. The number of anilines is 1. The van der Waals surface area contributed by atoms with Gasteiger partial charge in [-0.1, -0.05) is 39.0 Å². The normalized spacial score (nSPS) is 12.1. The van der Waals surface area contributed by atoms with Crippen LogP contribution in [0.15, 0.2) is 18.2 Å². The zero-order valence-corrected chi connectivity index (χ0v) is 13.6. The van der Waals surface area contributed by atoms with Crippen LogP contribution in [0.4, 0.5) is 5.69 Å². The molecular formula is C17H26N2O2. The molecule has 0 bridgehead atoms. The maximum absolute atomic E-state index is 12.0. The molecule has 0 aromatic heterocycles. The monoisotopic (exact) mass is 290 g/mol. The van der Waals surface area contributed by atoms with E-state index in [1.165, 1.54) is 0 Å². The van der Waals surface area contributed by atoms with E-state index in [4.69, 9.17) is 0 Å². The van der Waals surface area contributed by atoms with E-state index in [-0.39, 0.29) is 24.3 Å². The Morgan fingerprint density at radius 2 is 1.81 bits per heavy atom. The molecule has 0 heterocycles. The summed E-state index contributed by atoms with van der Waals surface area (Å²) in [7, 11) is 0. The van der Waals surface area contributed by atoms with Gasteiger partial charge in [0, 0.05) is 11.7 Å². The average molecular weight is 290 g/mol. The third-order valence-electron chi connectivity index (χ3n) is 3.53. The fraction of sp³-hybridized carbons (Fsp3) is 0.529. The molecule has 2 amide bonds. The van der Waals surface area contributed by atoms with Crippen LogP contribution in [-0.4, -0.2) is 17.9 Å². The number of para-hydroxylation sites is 1. The Labute approximate surface area is 127 Å². The predicted octanol–water partition coefficient (Wildman–Crippen LogP) is 3.36. The first-order valence-corrected chi connectivity index (χ1v) is 7.53. The van der Waals surface area contributed by atoms with Gasteiger partial charge < -0.3 is 10.6 Å². The highest BCUT2D eigenvalue weighted by atomic mass is 16.2. The summed E-state index contributed by atoms with van der Waals surface area (Å²) in [6, 6.07) is 6.04. The Balaban J connectivity index is 2.73. The molecule has 0 aliphatic rings. The van der Waals surface area contributed by atoms with E-state index in [1.807, 2.05) is 39.0 Å². The number of rotatable bonds is 6. The Morgan fingerprint density at radius 1 is 1.14 bits per heavy atom. The maximum atomic E-state index is 12.0. The smallest absolute Gasteiger partial charge is 0.233 e. The molecule has 116 valence electrons. The third-order valence-corrected chi connectivity index (χ3v) is 3.53. The molecule has 1 aromatic rings. The second-order valence-electron chi connectivity index (χ2n) is 5.80. The highest BCUT2D eigenvalue weighted by Crippen LogP contribution is 2.27. The van der Waals surface area contributed by atoms with Gasteiger partial charge in [0.15, 0.2) is 0 Å². The Morgan fingerprint density at radius 3 is 2.38 bits per heavy atom. The summed E-state index contributed by atoms with van der Waals surface area (Å²) in [5.41, 5.74) is 2.93. The first-order chi connectivity index (χ1) is 9.85. The second kappa shape index (κ2) is 7.81. The first-order valence-electron chi connectivity index (χ1n) is 7.53. The van der Waals surface area contributed by atoms with Crippen LogP contribution < -0.4 is 10.6 Å². The molecular weight excluding hydrogens is 264 g/mol. The molecule has 2 N–H and O–H groups in total. The van der Waals surface area contributed by atoms with Crippen LogP contribution in [0.3, 0.4) is 0 Å². The van der Waals surface area contributed by atoms with Gasteiger partial charge in [-0.2, -0.15) is 0 Å². The molecule has 0 saturated heterocycles. The van der Waals surface area contributed by atoms with Gasteiger partial charge in [0.05, 0.1) is 0 Å². The highest BCUT2D eigenvalue weighted by Gasteiger charge is 2.15. The van der Waals surface area contributed by atoms with Crippen LogP contribution in [0.1, 0.15) is 57.6 Å². The van der Waals surface area contributed by atoms with Crippen molar-refractivity contribution in [1.29, 1.82) is 0 Å². The van der Waals surface area contributed by atoms with Crippen molar-refractivity contribution in [2.75, 3.05) is 5.32 Å². The van der Waals surface area contributed by atoms with Crippen LogP contribution in [-0.2, 0) is 9.59 Å². The lowest BCUT2D eigenvalue weighted by Gasteiger charge is -2.17. The number of aryl methyl sites for hydroxylation is 1. The van der Waals surface area contributed by atoms with Crippen molar-refractivity contribution in [1.82, 2.24) is 5.32 Å². The minimum atomic E-state index is -0.271. The molecule has 0 fully saturated rings. The molecule has 1 unspecified atom stereocenters. The van der Waals surface area contributed by atoms with E-state index in [0.29, 0.717) is 5.92 Å². The maximum Gasteiger partial charge on any atom is 0.233 e. The van der Waals surface area contributed by atoms with Crippen LogP contribution >= 0.6 is 0 Å². The summed E-state index contributed by atoms with van der Waals surface area (Å²) < 4.78 is 0. The van der Waals surface area contributed by atoms with Gasteiger partial charge in [0.1, 0.15) is 6.42 Å². The lowest BCUT2D eigenvalue weighted by Crippen LogP contribution is -2.34. The van der Waals surface area contributed by atoms with Crippen molar-refractivity contribution in [3.8, 4) is 0 Å². The number of benzene rings is 1. The minimum absolute atomic E-state index is 0.0926. The number of amides is 2. The highest BCUT2D eigenvalue weighted by molar-refractivity contribution is 6.04. The van der Waals surface area contributed by atoms with E-state index in [9.17, 15) is 9.59 Å². The van der Waals surface area contributed by atoms with Crippen molar-refractivity contribution < 1.29 is 9.59 Å². The lowest BCUT2D eigenvalue weighted by molar-refractivity contribution is -0.127. The Hall–Kier alpha value is -1.84. The summed E-state index contributed by atoms with van der Waals surface area (Å²) in [5, 5.41) is 5.68. The van der Waals surface area contributed by atoms with Gasteiger partial charge in [-0.3, -0.25) is 9.59 Å². The molecule has 0 aliphatic carbocycles. The first kappa shape index (κ1) is 17.2. The number of carbonyl (C=O) groups is 2. The van der Waals surface area contributed by atoms with Crippen LogP contribution in [0.25, 0.3) is 0 Å². The van der Waals surface area contributed by atoms with E-state index >= 15 is 0 Å². The molecule has 0 saturated carbocycles. The summed E-state index contributed by atoms with van der Waals surface area (Å²) in [5.74, 6) is -0.192. The van der Waals surface area contributed by atoms with Crippen LogP contribution in [0.2, 0.25) is 0 Å². The molecule has 1 aromatic carbocycles. The SMILES string of the molecule is CCC(C)NC(=O)CC(=O)Nc1c(C)cccc1C(C)C. The Bertz CT molecular complexity index is 510. The summed E-state index contributed by atoms with van der Waals surface area (Å²) >= 11 is 0. The number of nitrogens with one attached hydrogen (secondary N) is 2. The van der Waals surface area contributed by atoms with E-state index in [2.05, 4.69) is 24.5 Å². The third kappa shape index (κ3) is 5.21. The molecule has 4 heteroatoms. The average Bonchev–Trinajstić information content (AvgIpc) is 2.40. The fourth-order valence-electron chi connectivity index (χ4n) is 2.10. The van der Waals surface area contributed by atoms with Gasteiger partial charge >= 0.3 is 0 Å². The summed E-state index contributed by atoms with van der Waals surface area (Å²) in [6.45, 7) is 10.0. The van der Waals surface area contributed by atoms with Gasteiger partial charge in [0.2, 0.25) is 11.8 Å². The van der Waals surface area contributed by atoms with Crippen molar-refractivity contribution in [2.24, 2.45) is 0 Å². The van der Waals surface area contributed by atoms with Crippen molar-refractivity contribution in [2.45, 2.75) is 59.4 Å². The minimum Gasteiger partial charge on any atom is -0.353 e. The van der Waals surface area contributed by atoms with E-state index in [1.54, 1.807) is 0 Å².